The van der Waals surface area contributed by atoms with Gasteiger partial charge in [0.2, 0.25) is 11.8 Å². The van der Waals surface area contributed by atoms with E-state index in [0.29, 0.717) is 31.7 Å². The zero-order chi connectivity index (χ0) is 20.0. The molecule has 0 radical (unpaired) electrons. The normalized spacial score (nSPS) is 18.0. The molecule has 2 N–H and O–H groups in total. The number of nitrogens with one attached hydrogen (secondary N) is 1. The minimum absolute atomic E-state index is 0.0673. The summed E-state index contributed by atoms with van der Waals surface area (Å²) in [7, 11) is 0. The molecule has 0 unspecified atom stereocenters. The number of carboxylic acid groups (broad SMARTS) is 1. The van der Waals surface area contributed by atoms with Crippen LogP contribution in [0.15, 0.2) is 24.3 Å². The zero-order valence-corrected chi connectivity index (χ0v) is 16.4. The Morgan fingerprint density at radius 2 is 1.93 bits per heavy atom. The van der Waals surface area contributed by atoms with E-state index in [9.17, 15) is 14.4 Å². The van der Waals surface area contributed by atoms with Crippen molar-refractivity contribution < 1.29 is 19.5 Å². The molecule has 1 saturated heterocycles. The molecule has 2 rings (SSSR count). The summed E-state index contributed by atoms with van der Waals surface area (Å²) in [5.41, 5.74) is 2.21. The molecular formula is C21H30N2O4. The van der Waals surface area contributed by atoms with Crippen molar-refractivity contribution in [3.63, 3.8) is 0 Å². The Hall–Kier alpha value is -2.37. The molecule has 1 heterocycles. The molecule has 6 heteroatoms. The summed E-state index contributed by atoms with van der Waals surface area (Å²) in [5.74, 6) is -0.744. The molecule has 27 heavy (non-hydrogen) atoms. The minimum Gasteiger partial charge on any atom is -0.481 e. The van der Waals surface area contributed by atoms with Gasteiger partial charge in [-0.15, -0.1) is 0 Å². The van der Waals surface area contributed by atoms with Crippen LogP contribution >= 0.6 is 0 Å². The Morgan fingerprint density at radius 1 is 1.26 bits per heavy atom. The highest BCUT2D eigenvalue weighted by molar-refractivity contribution is 5.82. The van der Waals surface area contributed by atoms with E-state index in [1.807, 2.05) is 45.0 Å². The highest BCUT2D eigenvalue weighted by Crippen LogP contribution is 2.24. The molecule has 0 bridgehead atoms. The van der Waals surface area contributed by atoms with Gasteiger partial charge in [0.1, 0.15) is 0 Å². The lowest BCUT2D eigenvalue weighted by Crippen LogP contribution is -2.41. The molecule has 2 atom stereocenters. The second-order valence-electron chi connectivity index (χ2n) is 7.90. The summed E-state index contributed by atoms with van der Waals surface area (Å²) in [6.07, 6.45) is 1.86. The number of benzene rings is 1. The number of carbonyl (C=O) groups is 3. The number of amides is 2. The Labute approximate surface area is 160 Å². The number of hydrogen-bond donors (Lipinski definition) is 2. The highest BCUT2D eigenvalue weighted by atomic mass is 16.4. The van der Waals surface area contributed by atoms with Gasteiger partial charge in [0.15, 0.2) is 0 Å². The van der Waals surface area contributed by atoms with Crippen molar-refractivity contribution in [2.75, 3.05) is 0 Å². The van der Waals surface area contributed by atoms with E-state index >= 15 is 0 Å². The van der Waals surface area contributed by atoms with Crippen molar-refractivity contribution in [2.45, 2.75) is 71.5 Å². The average Bonchev–Trinajstić information content (AvgIpc) is 2.88. The molecule has 6 nitrogen and oxygen atoms in total. The molecular weight excluding hydrogens is 344 g/mol. The molecule has 2 amide bonds. The van der Waals surface area contributed by atoms with Crippen LogP contribution in [0.1, 0.15) is 57.1 Å². The molecule has 0 aromatic heterocycles. The highest BCUT2D eigenvalue weighted by Gasteiger charge is 2.32. The Bertz CT molecular complexity index is 669. The lowest BCUT2D eigenvalue weighted by atomic mass is 10.0. The minimum atomic E-state index is -0.919. The van der Waals surface area contributed by atoms with Crippen LogP contribution < -0.4 is 5.32 Å². The van der Waals surface area contributed by atoms with Crippen molar-refractivity contribution in [1.29, 1.82) is 0 Å². The van der Waals surface area contributed by atoms with Crippen LogP contribution in [0.2, 0.25) is 0 Å². The van der Waals surface area contributed by atoms with Crippen molar-refractivity contribution in [2.24, 2.45) is 5.92 Å². The predicted octanol–water partition coefficient (Wildman–Crippen LogP) is 2.88. The van der Waals surface area contributed by atoms with E-state index < -0.39 is 5.97 Å². The maximum absolute atomic E-state index is 12.5. The molecule has 1 aliphatic heterocycles. The van der Waals surface area contributed by atoms with Crippen LogP contribution in [-0.2, 0) is 20.9 Å². The zero-order valence-electron chi connectivity index (χ0n) is 16.4. The summed E-state index contributed by atoms with van der Waals surface area (Å²) in [5, 5.41) is 11.9. The van der Waals surface area contributed by atoms with Gasteiger partial charge >= 0.3 is 5.97 Å². The van der Waals surface area contributed by atoms with Gasteiger partial charge in [0, 0.05) is 31.5 Å². The summed E-state index contributed by atoms with van der Waals surface area (Å²) >= 11 is 0. The Kier molecular flexibility index (Phi) is 7.39. The molecule has 0 aliphatic carbocycles. The fourth-order valence-electron chi connectivity index (χ4n) is 3.59. The van der Waals surface area contributed by atoms with Gasteiger partial charge in [-0.1, -0.05) is 43.7 Å². The average molecular weight is 374 g/mol. The van der Waals surface area contributed by atoms with Gasteiger partial charge in [-0.2, -0.15) is 0 Å². The maximum Gasteiger partial charge on any atom is 0.305 e. The second kappa shape index (κ2) is 9.53. The summed E-state index contributed by atoms with van der Waals surface area (Å²) in [6.45, 7) is 6.52. The molecule has 0 saturated carbocycles. The van der Waals surface area contributed by atoms with Crippen LogP contribution in [0.25, 0.3) is 0 Å². The fraction of sp³-hybridized carbons (Fsp3) is 0.571. The van der Waals surface area contributed by atoms with E-state index in [1.165, 1.54) is 0 Å². The number of likely N-dealkylation sites (tertiary alicyclic amines) is 1. The molecule has 1 aromatic carbocycles. The first-order chi connectivity index (χ1) is 12.7. The SMILES string of the molecule is Cc1ccc(CN2C(=O)CC[C@@H]2CC(=O)N[C@@H](CC(=O)O)CC(C)C)cc1. The van der Waals surface area contributed by atoms with Crippen LogP contribution in [-0.4, -0.2) is 39.9 Å². The van der Waals surface area contributed by atoms with Crippen molar-refractivity contribution in [1.82, 2.24) is 10.2 Å². The van der Waals surface area contributed by atoms with Crippen molar-refractivity contribution in [3.8, 4) is 0 Å². The first kappa shape index (κ1) is 20.9. The van der Waals surface area contributed by atoms with E-state index in [2.05, 4.69) is 5.32 Å². The second-order valence-corrected chi connectivity index (χ2v) is 7.90. The smallest absolute Gasteiger partial charge is 0.305 e. The van der Waals surface area contributed by atoms with Gasteiger partial charge in [-0.3, -0.25) is 14.4 Å². The van der Waals surface area contributed by atoms with E-state index in [1.54, 1.807) is 4.90 Å². The van der Waals surface area contributed by atoms with Gasteiger partial charge in [-0.25, -0.2) is 0 Å². The quantitative estimate of drug-likeness (QED) is 0.696. The lowest BCUT2D eigenvalue weighted by molar-refractivity contribution is -0.137. The molecule has 1 aliphatic rings. The topological polar surface area (TPSA) is 86.7 Å². The first-order valence-corrected chi connectivity index (χ1v) is 9.60. The van der Waals surface area contributed by atoms with E-state index in [4.69, 9.17) is 5.11 Å². The molecule has 1 aromatic rings. The lowest BCUT2D eigenvalue weighted by Gasteiger charge is -2.26. The maximum atomic E-state index is 12.5. The number of carbonyl (C=O) groups excluding carboxylic acids is 2. The number of aryl methyl sites for hydroxylation is 1. The van der Waals surface area contributed by atoms with E-state index in [0.717, 1.165) is 11.1 Å². The number of hydrogen-bond acceptors (Lipinski definition) is 3. The standard InChI is InChI=1S/C21H30N2O4/c1-14(2)10-17(11-21(26)27)22-19(24)12-18-8-9-20(25)23(18)13-16-6-4-15(3)5-7-16/h4-7,14,17-18H,8-13H2,1-3H3,(H,22,24)(H,26,27)/t17-,18-/m1/s1. The number of rotatable bonds is 9. The van der Waals surface area contributed by atoms with Crippen LogP contribution in [0.5, 0.6) is 0 Å². The van der Waals surface area contributed by atoms with Crippen LogP contribution in [0.3, 0.4) is 0 Å². The van der Waals surface area contributed by atoms with Gasteiger partial charge in [0.05, 0.1) is 6.42 Å². The van der Waals surface area contributed by atoms with Crippen LogP contribution in [0.4, 0.5) is 0 Å². The molecule has 0 spiro atoms. The third kappa shape index (κ3) is 6.70. The third-order valence-corrected chi connectivity index (χ3v) is 4.89. The van der Waals surface area contributed by atoms with Crippen molar-refractivity contribution >= 4 is 17.8 Å². The number of carboxylic acids is 1. The monoisotopic (exact) mass is 374 g/mol. The number of nitrogens with zero attached hydrogens (tertiary/aromatic N) is 1. The largest absolute Gasteiger partial charge is 0.481 e. The number of aliphatic carboxylic acids is 1. The van der Waals surface area contributed by atoms with Gasteiger partial charge < -0.3 is 15.3 Å². The van der Waals surface area contributed by atoms with Gasteiger partial charge in [-0.05, 0) is 31.2 Å². The van der Waals surface area contributed by atoms with Gasteiger partial charge in [0.25, 0.3) is 0 Å². The summed E-state index contributed by atoms with van der Waals surface area (Å²) < 4.78 is 0. The third-order valence-electron chi connectivity index (χ3n) is 4.89. The van der Waals surface area contributed by atoms with E-state index in [-0.39, 0.29) is 36.7 Å². The Balaban J connectivity index is 1.96. The summed E-state index contributed by atoms with van der Waals surface area (Å²) in [6, 6.07) is 7.52. The van der Waals surface area contributed by atoms with Crippen molar-refractivity contribution in [3.05, 3.63) is 35.4 Å². The first-order valence-electron chi connectivity index (χ1n) is 9.60. The summed E-state index contributed by atoms with van der Waals surface area (Å²) in [4.78, 5) is 37.6. The predicted molar refractivity (Wildman–Crippen MR) is 103 cm³/mol. The molecule has 148 valence electrons. The Morgan fingerprint density at radius 3 is 2.52 bits per heavy atom. The molecule has 1 fully saturated rings. The fourth-order valence-corrected chi connectivity index (χ4v) is 3.59. The van der Waals surface area contributed by atoms with Crippen LogP contribution in [0, 0.1) is 12.8 Å².